The number of allylic oxidation sites excluding steroid dienone is 2. The van der Waals surface area contributed by atoms with E-state index in [2.05, 4.69) is 44.1 Å². The Balaban J connectivity index is 2.05. The van der Waals surface area contributed by atoms with E-state index in [1.54, 1.807) is 19.1 Å². The Hall–Kier alpha value is -3.25. The SMILES string of the molecule is C/C=C\CC(=NCC(F)(F)F)c1nc(Nc2ccnc(C(F)(F)F)c2)nc(N2CC[C@](C)(CC)C2)n1. The number of hydrogen-bond acceptors (Lipinski definition) is 7. The van der Waals surface area contributed by atoms with Crippen LogP contribution in [0.25, 0.3) is 0 Å². The number of anilines is 3. The Morgan fingerprint density at radius 1 is 1.19 bits per heavy atom. The number of aromatic nitrogens is 4. The van der Waals surface area contributed by atoms with Gasteiger partial charge in [-0.05, 0) is 37.3 Å². The zero-order chi connectivity index (χ0) is 26.6. The summed E-state index contributed by atoms with van der Waals surface area (Å²) in [6, 6.07) is 2.10. The molecule has 0 radical (unpaired) electrons. The van der Waals surface area contributed by atoms with Crippen molar-refractivity contribution in [1.82, 2.24) is 19.9 Å². The van der Waals surface area contributed by atoms with Crippen LogP contribution < -0.4 is 10.2 Å². The van der Waals surface area contributed by atoms with Crippen molar-refractivity contribution >= 4 is 23.3 Å². The van der Waals surface area contributed by atoms with Crippen LogP contribution in [0.15, 0.2) is 35.5 Å². The van der Waals surface area contributed by atoms with Crippen molar-refractivity contribution in [2.75, 3.05) is 29.9 Å². The summed E-state index contributed by atoms with van der Waals surface area (Å²) < 4.78 is 78.0. The molecule has 1 aliphatic heterocycles. The van der Waals surface area contributed by atoms with Gasteiger partial charge >= 0.3 is 12.4 Å². The van der Waals surface area contributed by atoms with Crippen LogP contribution in [0, 0.1) is 5.41 Å². The second kappa shape index (κ2) is 10.8. The first-order valence-corrected chi connectivity index (χ1v) is 11.3. The van der Waals surface area contributed by atoms with E-state index in [1.807, 2.05) is 4.90 Å². The lowest BCUT2D eigenvalue weighted by Gasteiger charge is -2.23. The molecule has 196 valence electrons. The first-order valence-electron chi connectivity index (χ1n) is 11.3. The van der Waals surface area contributed by atoms with E-state index in [0.29, 0.717) is 13.1 Å². The fourth-order valence-corrected chi connectivity index (χ4v) is 3.61. The molecular weight excluding hydrogens is 488 g/mol. The Kier molecular flexibility index (Phi) is 8.19. The van der Waals surface area contributed by atoms with Gasteiger partial charge in [0.1, 0.15) is 12.2 Å². The molecule has 0 amide bonds. The van der Waals surface area contributed by atoms with E-state index in [4.69, 9.17) is 0 Å². The molecule has 2 aromatic rings. The number of halogens is 6. The van der Waals surface area contributed by atoms with E-state index in [0.717, 1.165) is 25.1 Å². The third-order valence-electron chi connectivity index (χ3n) is 5.88. The summed E-state index contributed by atoms with van der Waals surface area (Å²) in [7, 11) is 0. The van der Waals surface area contributed by atoms with Gasteiger partial charge in [-0.3, -0.25) is 9.98 Å². The van der Waals surface area contributed by atoms with E-state index < -0.39 is 24.6 Å². The first kappa shape index (κ1) is 27.3. The highest BCUT2D eigenvalue weighted by Crippen LogP contribution is 2.35. The van der Waals surface area contributed by atoms with Crippen LogP contribution in [0.3, 0.4) is 0 Å². The fourth-order valence-electron chi connectivity index (χ4n) is 3.61. The number of aliphatic imine (C=N–C) groups is 1. The van der Waals surface area contributed by atoms with Crippen LogP contribution in [0.5, 0.6) is 0 Å². The molecule has 3 heterocycles. The van der Waals surface area contributed by atoms with Crippen LogP contribution in [0.2, 0.25) is 0 Å². The zero-order valence-corrected chi connectivity index (χ0v) is 20.1. The van der Waals surface area contributed by atoms with Gasteiger partial charge in [0.15, 0.2) is 5.82 Å². The average Bonchev–Trinajstić information content (AvgIpc) is 3.21. The molecule has 1 N–H and O–H groups in total. The molecular formula is C23H27F6N7. The number of alkyl halides is 6. The van der Waals surface area contributed by atoms with Crippen molar-refractivity contribution < 1.29 is 26.3 Å². The molecule has 1 aliphatic rings. The van der Waals surface area contributed by atoms with Crippen molar-refractivity contribution in [3.8, 4) is 0 Å². The first-order chi connectivity index (χ1) is 16.8. The fraction of sp³-hybridized carbons (Fsp3) is 0.522. The predicted octanol–water partition coefficient (Wildman–Crippen LogP) is 5.97. The minimum Gasteiger partial charge on any atom is -0.340 e. The minimum absolute atomic E-state index is 0.00521. The maximum atomic E-state index is 13.1. The normalized spacial score (nSPS) is 19.4. The molecule has 1 atom stereocenters. The Bertz CT molecular complexity index is 1110. The van der Waals surface area contributed by atoms with Gasteiger partial charge < -0.3 is 10.2 Å². The average molecular weight is 516 g/mol. The van der Waals surface area contributed by atoms with Crippen LogP contribution >= 0.6 is 0 Å². The number of nitrogens with zero attached hydrogens (tertiary/aromatic N) is 6. The molecule has 7 nitrogen and oxygen atoms in total. The number of rotatable bonds is 8. The predicted molar refractivity (Wildman–Crippen MR) is 124 cm³/mol. The van der Waals surface area contributed by atoms with Gasteiger partial charge in [0, 0.05) is 31.4 Å². The van der Waals surface area contributed by atoms with Crippen molar-refractivity contribution in [2.24, 2.45) is 10.4 Å². The van der Waals surface area contributed by atoms with Crippen LogP contribution in [0.1, 0.15) is 51.6 Å². The van der Waals surface area contributed by atoms with Crippen LogP contribution in [-0.4, -0.2) is 51.5 Å². The summed E-state index contributed by atoms with van der Waals surface area (Å²) in [6.45, 7) is 5.71. The van der Waals surface area contributed by atoms with E-state index in [1.165, 1.54) is 6.07 Å². The lowest BCUT2D eigenvalue weighted by Crippen LogP contribution is -2.27. The summed E-state index contributed by atoms with van der Waals surface area (Å²) >= 11 is 0. The van der Waals surface area contributed by atoms with Gasteiger partial charge in [0.2, 0.25) is 11.9 Å². The summed E-state index contributed by atoms with van der Waals surface area (Å²) in [5.74, 6) is 0.0182. The molecule has 0 unspecified atom stereocenters. The minimum atomic E-state index is -4.66. The number of nitrogens with one attached hydrogen (secondary N) is 1. The Labute approximate surface area is 204 Å². The third kappa shape index (κ3) is 7.37. The lowest BCUT2D eigenvalue weighted by molar-refractivity contribution is -0.141. The topological polar surface area (TPSA) is 79.2 Å². The Morgan fingerprint density at radius 3 is 2.56 bits per heavy atom. The second-order valence-electron chi connectivity index (χ2n) is 8.82. The van der Waals surface area contributed by atoms with E-state index in [-0.39, 0.29) is 41.0 Å². The van der Waals surface area contributed by atoms with Gasteiger partial charge in [0.25, 0.3) is 0 Å². The highest BCUT2D eigenvalue weighted by Gasteiger charge is 2.35. The maximum absolute atomic E-state index is 13.1. The molecule has 3 rings (SSSR count). The van der Waals surface area contributed by atoms with Crippen molar-refractivity contribution in [2.45, 2.75) is 52.4 Å². The van der Waals surface area contributed by atoms with E-state index >= 15 is 0 Å². The molecule has 0 aliphatic carbocycles. The molecule has 1 fully saturated rings. The highest BCUT2D eigenvalue weighted by atomic mass is 19.4. The second-order valence-corrected chi connectivity index (χ2v) is 8.82. The number of pyridine rings is 1. The Morgan fingerprint density at radius 2 is 1.94 bits per heavy atom. The van der Waals surface area contributed by atoms with Gasteiger partial charge in [-0.15, -0.1) is 0 Å². The van der Waals surface area contributed by atoms with Gasteiger partial charge in [-0.2, -0.15) is 41.3 Å². The molecule has 0 bridgehead atoms. The van der Waals surface area contributed by atoms with Gasteiger partial charge in [0.05, 0.1) is 5.71 Å². The van der Waals surface area contributed by atoms with Crippen molar-refractivity contribution in [1.29, 1.82) is 0 Å². The standard InChI is InChI=1S/C23H27F6N7/c1-4-6-7-16(31-13-22(24,25)26)18-33-19(32-15-8-10-30-17(12-15)23(27,28)29)35-20(34-18)36-11-9-21(3,5-2)14-36/h4,6,8,10,12H,5,7,9,11,13-14H2,1-3H3,(H,30,32,33,34,35)/b6-4-,31-16?/t21-/m0/s1. The smallest absolute Gasteiger partial charge is 0.340 e. The van der Waals surface area contributed by atoms with Crippen LogP contribution in [0.4, 0.5) is 43.9 Å². The molecule has 1 saturated heterocycles. The van der Waals surface area contributed by atoms with Gasteiger partial charge in [-0.25, -0.2) is 0 Å². The summed E-state index contributed by atoms with van der Waals surface area (Å²) in [5.41, 5.74) is -1.10. The molecule has 0 spiro atoms. The van der Waals surface area contributed by atoms with Crippen molar-refractivity contribution in [3.05, 3.63) is 42.0 Å². The zero-order valence-electron chi connectivity index (χ0n) is 20.1. The highest BCUT2D eigenvalue weighted by molar-refractivity contribution is 5.98. The molecule has 36 heavy (non-hydrogen) atoms. The van der Waals surface area contributed by atoms with Crippen LogP contribution in [-0.2, 0) is 6.18 Å². The summed E-state index contributed by atoms with van der Waals surface area (Å²) in [4.78, 5) is 21.9. The molecule has 0 saturated carbocycles. The monoisotopic (exact) mass is 515 g/mol. The molecule has 13 heteroatoms. The quantitative estimate of drug-likeness (QED) is 0.265. The third-order valence-corrected chi connectivity index (χ3v) is 5.88. The number of hydrogen-bond donors (Lipinski definition) is 1. The summed E-state index contributed by atoms with van der Waals surface area (Å²) in [5, 5.41) is 2.71. The van der Waals surface area contributed by atoms with E-state index in [9.17, 15) is 26.3 Å². The van der Waals surface area contributed by atoms with Gasteiger partial charge in [-0.1, -0.05) is 26.0 Å². The summed E-state index contributed by atoms with van der Waals surface area (Å²) in [6.07, 6.45) is -3.11. The lowest BCUT2D eigenvalue weighted by atomic mass is 9.87. The largest absolute Gasteiger partial charge is 0.433 e. The molecule has 0 aromatic carbocycles. The maximum Gasteiger partial charge on any atom is 0.433 e. The molecule has 2 aromatic heterocycles. The van der Waals surface area contributed by atoms with Crippen molar-refractivity contribution in [3.63, 3.8) is 0 Å².